The molecule has 0 aliphatic carbocycles. The van der Waals surface area contributed by atoms with Crippen molar-refractivity contribution in [2.45, 2.75) is 20.3 Å². The Morgan fingerprint density at radius 1 is 1.12 bits per heavy atom. The number of carbonyl (C=O) groups is 1. The van der Waals surface area contributed by atoms with E-state index in [0.717, 1.165) is 27.7 Å². The Morgan fingerprint density at radius 2 is 1.92 bits per heavy atom. The first-order valence-corrected chi connectivity index (χ1v) is 7.89. The van der Waals surface area contributed by atoms with Gasteiger partial charge in [0.1, 0.15) is 5.58 Å². The third-order valence-corrected chi connectivity index (χ3v) is 4.32. The third-order valence-electron chi connectivity index (χ3n) is 4.32. The van der Waals surface area contributed by atoms with E-state index in [2.05, 4.69) is 10.3 Å². The molecule has 0 unspecified atom stereocenters. The van der Waals surface area contributed by atoms with Gasteiger partial charge in [0.05, 0.1) is 18.2 Å². The van der Waals surface area contributed by atoms with Crippen molar-refractivity contribution in [1.82, 2.24) is 4.98 Å². The average Bonchev–Trinajstić information content (AvgIpc) is 3.10. The van der Waals surface area contributed by atoms with Gasteiger partial charge in [0.25, 0.3) is 0 Å². The van der Waals surface area contributed by atoms with Gasteiger partial charge in [0.2, 0.25) is 5.91 Å². The summed E-state index contributed by atoms with van der Waals surface area (Å²) in [5, 5.41) is 3.78. The van der Waals surface area contributed by atoms with E-state index in [4.69, 9.17) is 8.83 Å². The number of furan rings is 1. The van der Waals surface area contributed by atoms with Gasteiger partial charge in [0.15, 0.2) is 5.58 Å². The van der Waals surface area contributed by atoms with Crippen molar-refractivity contribution in [2.24, 2.45) is 0 Å². The summed E-state index contributed by atoms with van der Waals surface area (Å²) >= 11 is 0. The number of rotatable bonds is 3. The Balaban J connectivity index is 1.57. The number of hydrogen-bond donors (Lipinski definition) is 2. The highest BCUT2D eigenvalue weighted by Gasteiger charge is 2.12. The molecule has 6 nitrogen and oxygen atoms in total. The molecular formula is C19H16N2O4. The van der Waals surface area contributed by atoms with Crippen LogP contribution >= 0.6 is 0 Å². The number of anilines is 1. The summed E-state index contributed by atoms with van der Waals surface area (Å²) in [5.74, 6) is -0.680. The van der Waals surface area contributed by atoms with Gasteiger partial charge < -0.3 is 14.2 Å². The summed E-state index contributed by atoms with van der Waals surface area (Å²) in [6.07, 6.45) is 1.83. The van der Waals surface area contributed by atoms with Crippen LogP contribution in [0.5, 0.6) is 0 Å². The number of amides is 1. The van der Waals surface area contributed by atoms with Crippen molar-refractivity contribution in [3.05, 3.63) is 63.8 Å². The zero-order valence-electron chi connectivity index (χ0n) is 13.8. The molecule has 0 saturated heterocycles. The number of H-pyrrole nitrogens is 1. The summed E-state index contributed by atoms with van der Waals surface area (Å²) in [4.78, 5) is 26.1. The summed E-state index contributed by atoms with van der Waals surface area (Å²) < 4.78 is 10.5. The van der Waals surface area contributed by atoms with E-state index in [1.54, 1.807) is 24.5 Å². The van der Waals surface area contributed by atoms with Gasteiger partial charge in [0, 0.05) is 16.6 Å². The van der Waals surface area contributed by atoms with Crippen LogP contribution in [0.15, 0.2) is 50.2 Å². The lowest BCUT2D eigenvalue weighted by Crippen LogP contribution is -2.14. The van der Waals surface area contributed by atoms with Gasteiger partial charge in [-0.2, -0.15) is 0 Å². The molecule has 0 spiro atoms. The summed E-state index contributed by atoms with van der Waals surface area (Å²) in [7, 11) is 0. The number of hydrogen-bond acceptors (Lipinski definition) is 4. The Bertz CT molecular complexity index is 1160. The molecule has 0 fully saturated rings. The van der Waals surface area contributed by atoms with Crippen molar-refractivity contribution in [3.8, 4) is 0 Å². The second-order valence-electron chi connectivity index (χ2n) is 6.14. The molecule has 4 aromatic rings. The molecule has 2 heterocycles. The first-order valence-electron chi connectivity index (χ1n) is 7.89. The average molecular weight is 336 g/mol. The minimum absolute atomic E-state index is 0.161. The Morgan fingerprint density at radius 3 is 2.76 bits per heavy atom. The predicted molar refractivity (Wildman–Crippen MR) is 94.9 cm³/mol. The van der Waals surface area contributed by atoms with Crippen molar-refractivity contribution >= 4 is 33.7 Å². The molecular weight excluding hydrogens is 320 g/mol. The van der Waals surface area contributed by atoms with Crippen LogP contribution in [0.2, 0.25) is 0 Å². The van der Waals surface area contributed by atoms with E-state index in [0.29, 0.717) is 16.8 Å². The number of carbonyl (C=O) groups excluding carboxylic acids is 1. The summed E-state index contributed by atoms with van der Waals surface area (Å²) in [6.45, 7) is 4.06. The zero-order chi connectivity index (χ0) is 17.6. The second kappa shape index (κ2) is 5.66. The minimum Gasteiger partial charge on any atom is -0.464 e. The standard InChI is InChI=1S/C19H16N2O4/c1-10-5-14-12(9-24-17(14)6-11(10)2)7-18(22)20-13-3-4-16-15(8-13)21-19(23)25-16/h3-6,8-9H,7H2,1-2H3,(H,20,22)(H,21,23). The first-order chi connectivity index (χ1) is 12.0. The Hall–Kier alpha value is -3.28. The quantitative estimate of drug-likeness (QED) is 0.597. The van der Waals surface area contributed by atoms with E-state index in [1.807, 2.05) is 26.0 Å². The van der Waals surface area contributed by atoms with E-state index in [1.165, 1.54) is 0 Å². The number of aromatic nitrogens is 1. The molecule has 1 amide bonds. The van der Waals surface area contributed by atoms with Crippen molar-refractivity contribution < 1.29 is 13.6 Å². The molecule has 0 aliphatic rings. The molecule has 25 heavy (non-hydrogen) atoms. The van der Waals surface area contributed by atoms with E-state index in [-0.39, 0.29) is 12.3 Å². The third kappa shape index (κ3) is 2.82. The molecule has 6 heteroatoms. The monoisotopic (exact) mass is 336 g/mol. The Kier molecular flexibility index (Phi) is 3.46. The van der Waals surface area contributed by atoms with E-state index < -0.39 is 5.76 Å². The highest BCUT2D eigenvalue weighted by atomic mass is 16.4. The molecule has 0 radical (unpaired) electrons. The fourth-order valence-electron chi connectivity index (χ4n) is 2.88. The fourth-order valence-corrected chi connectivity index (χ4v) is 2.88. The number of aromatic amines is 1. The number of aryl methyl sites for hydroxylation is 2. The van der Waals surface area contributed by atoms with Gasteiger partial charge >= 0.3 is 5.76 Å². The van der Waals surface area contributed by atoms with Gasteiger partial charge in [-0.1, -0.05) is 0 Å². The molecule has 0 bridgehead atoms. The highest BCUT2D eigenvalue weighted by Crippen LogP contribution is 2.25. The van der Waals surface area contributed by atoms with Crippen LogP contribution < -0.4 is 11.1 Å². The fraction of sp³-hybridized carbons (Fsp3) is 0.158. The van der Waals surface area contributed by atoms with Crippen LogP contribution in [0.4, 0.5) is 5.69 Å². The second-order valence-corrected chi connectivity index (χ2v) is 6.14. The van der Waals surface area contributed by atoms with Crippen molar-refractivity contribution in [3.63, 3.8) is 0 Å². The molecule has 2 N–H and O–H groups in total. The molecule has 0 saturated carbocycles. The van der Waals surface area contributed by atoms with Gasteiger partial charge in [-0.05, 0) is 55.3 Å². The van der Waals surface area contributed by atoms with Crippen LogP contribution in [0.1, 0.15) is 16.7 Å². The Labute approximate surface area is 142 Å². The van der Waals surface area contributed by atoms with E-state index in [9.17, 15) is 9.59 Å². The zero-order valence-corrected chi connectivity index (χ0v) is 13.8. The minimum atomic E-state index is -0.519. The van der Waals surface area contributed by atoms with Gasteiger partial charge in [-0.25, -0.2) is 4.79 Å². The molecule has 0 atom stereocenters. The SMILES string of the molecule is Cc1cc2occ(CC(=O)Nc3ccc4oc(=O)[nH]c4c3)c2cc1C. The number of nitrogens with one attached hydrogen (secondary N) is 2. The van der Waals surface area contributed by atoms with Crippen LogP contribution in [-0.4, -0.2) is 10.9 Å². The summed E-state index contributed by atoms with van der Waals surface area (Å²) in [6, 6.07) is 9.02. The van der Waals surface area contributed by atoms with E-state index >= 15 is 0 Å². The maximum Gasteiger partial charge on any atom is 0.417 e. The van der Waals surface area contributed by atoms with Crippen molar-refractivity contribution in [1.29, 1.82) is 0 Å². The summed E-state index contributed by atoms with van der Waals surface area (Å²) in [5.41, 5.74) is 5.52. The van der Waals surface area contributed by atoms with Crippen molar-refractivity contribution in [2.75, 3.05) is 5.32 Å². The lowest BCUT2D eigenvalue weighted by atomic mass is 10.0. The van der Waals surface area contributed by atoms with Crippen LogP contribution in [0.25, 0.3) is 22.1 Å². The maximum atomic E-state index is 12.4. The number of fused-ring (bicyclic) bond motifs is 2. The molecule has 0 aliphatic heterocycles. The lowest BCUT2D eigenvalue weighted by molar-refractivity contribution is -0.115. The topological polar surface area (TPSA) is 88.2 Å². The van der Waals surface area contributed by atoms with Crippen LogP contribution in [-0.2, 0) is 11.2 Å². The maximum absolute atomic E-state index is 12.4. The predicted octanol–water partition coefficient (Wildman–Crippen LogP) is 3.67. The van der Waals surface area contributed by atoms with Crippen LogP contribution in [0, 0.1) is 13.8 Å². The van der Waals surface area contributed by atoms with Gasteiger partial charge in [-0.15, -0.1) is 0 Å². The number of benzene rings is 2. The van der Waals surface area contributed by atoms with Gasteiger partial charge in [-0.3, -0.25) is 9.78 Å². The largest absolute Gasteiger partial charge is 0.464 e. The molecule has 2 aromatic carbocycles. The number of oxazole rings is 1. The normalized spacial score (nSPS) is 11.3. The first kappa shape index (κ1) is 15.3. The lowest BCUT2D eigenvalue weighted by Gasteiger charge is -2.05. The van der Waals surface area contributed by atoms with Crippen LogP contribution in [0.3, 0.4) is 0 Å². The smallest absolute Gasteiger partial charge is 0.417 e. The molecule has 126 valence electrons. The highest BCUT2D eigenvalue weighted by molar-refractivity contribution is 5.96. The molecule has 2 aromatic heterocycles. The molecule has 4 rings (SSSR count).